The fraction of sp³-hybridized carbons (Fsp3) is 0.267. The van der Waals surface area contributed by atoms with Crippen molar-refractivity contribution in [3.8, 4) is 11.5 Å². The number of aromatic nitrogens is 2. The predicted octanol–water partition coefficient (Wildman–Crippen LogP) is 2.09. The molecule has 2 heterocycles. The number of nitrogens with one attached hydrogen (secondary N) is 2. The molecule has 7 nitrogen and oxygen atoms in total. The monoisotopic (exact) mass is 300 g/mol. The molecule has 1 aromatic carbocycles. The van der Waals surface area contributed by atoms with Crippen LogP contribution in [-0.4, -0.2) is 29.4 Å². The summed E-state index contributed by atoms with van der Waals surface area (Å²) in [6, 6.07) is 8.85. The van der Waals surface area contributed by atoms with Crippen molar-refractivity contribution in [3.63, 3.8) is 0 Å². The highest BCUT2D eigenvalue weighted by Crippen LogP contribution is 2.34. The Morgan fingerprint density at radius 2 is 2.05 bits per heavy atom. The topological polar surface area (TPSA) is 85.4 Å². The van der Waals surface area contributed by atoms with E-state index in [-0.39, 0.29) is 12.7 Å². The minimum Gasteiger partial charge on any atom is -0.454 e. The molecule has 1 aliphatic rings. The summed E-state index contributed by atoms with van der Waals surface area (Å²) in [5.41, 5.74) is 1.10. The number of ether oxygens (including phenoxy) is 2. The van der Waals surface area contributed by atoms with Crippen LogP contribution in [0, 0.1) is 0 Å². The predicted molar refractivity (Wildman–Crippen MR) is 80.5 cm³/mol. The van der Waals surface area contributed by atoms with Crippen molar-refractivity contribution < 1.29 is 14.3 Å². The van der Waals surface area contributed by atoms with Crippen LogP contribution in [0.4, 0.5) is 11.5 Å². The summed E-state index contributed by atoms with van der Waals surface area (Å²) in [6.45, 7) is 2.85. The molecule has 0 spiro atoms. The average molecular weight is 300 g/mol. The van der Waals surface area contributed by atoms with E-state index in [9.17, 15) is 4.79 Å². The van der Waals surface area contributed by atoms with Gasteiger partial charge in [-0.15, -0.1) is 10.2 Å². The Balaban J connectivity index is 1.67. The van der Waals surface area contributed by atoms with Crippen LogP contribution in [0.5, 0.6) is 11.5 Å². The van der Waals surface area contributed by atoms with Crippen LogP contribution in [0.1, 0.15) is 23.8 Å². The number of rotatable bonds is 5. The van der Waals surface area contributed by atoms with E-state index in [1.165, 1.54) is 0 Å². The molecule has 0 aliphatic carbocycles. The van der Waals surface area contributed by atoms with Gasteiger partial charge in [0.1, 0.15) is 0 Å². The fourth-order valence-electron chi connectivity index (χ4n) is 1.97. The molecule has 114 valence electrons. The van der Waals surface area contributed by atoms with Gasteiger partial charge in [0, 0.05) is 18.3 Å². The molecule has 0 atom stereocenters. The summed E-state index contributed by atoms with van der Waals surface area (Å²) in [7, 11) is 0. The second-order valence-electron chi connectivity index (χ2n) is 4.75. The lowest BCUT2D eigenvalue weighted by atomic mass is 10.2. The molecule has 1 aromatic heterocycles. The Bertz CT molecular complexity index is 673. The van der Waals surface area contributed by atoms with Gasteiger partial charge in [0.25, 0.3) is 5.91 Å². The van der Waals surface area contributed by atoms with E-state index in [0.29, 0.717) is 23.8 Å². The Morgan fingerprint density at radius 3 is 2.82 bits per heavy atom. The second kappa shape index (κ2) is 6.30. The smallest absolute Gasteiger partial charge is 0.271 e. The van der Waals surface area contributed by atoms with Crippen molar-refractivity contribution >= 4 is 17.4 Å². The summed E-state index contributed by atoms with van der Waals surface area (Å²) < 4.78 is 10.6. The lowest BCUT2D eigenvalue weighted by molar-refractivity contribution is 0.0947. The summed E-state index contributed by atoms with van der Waals surface area (Å²) in [5, 5.41) is 13.8. The van der Waals surface area contributed by atoms with Crippen molar-refractivity contribution in [3.05, 3.63) is 36.0 Å². The first-order valence-electron chi connectivity index (χ1n) is 7.05. The summed E-state index contributed by atoms with van der Waals surface area (Å²) >= 11 is 0. The van der Waals surface area contributed by atoms with Gasteiger partial charge in [-0.2, -0.15) is 0 Å². The van der Waals surface area contributed by atoms with Crippen LogP contribution in [0.25, 0.3) is 0 Å². The zero-order valence-electron chi connectivity index (χ0n) is 12.1. The average Bonchev–Trinajstić information content (AvgIpc) is 3.01. The van der Waals surface area contributed by atoms with Crippen molar-refractivity contribution in [2.24, 2.45) is 0 Å². The van der Waals surface area contributed by atoms with Gasteiger partial charge in [-0.3, -0.25) is 4.79 Å². The summed E-state index contributed by atoms with van der Waals surface area (Å²) in [5.74, 6) is 1.74. The minimum atomic E-state index is -0.219. The van der Waals surface area contributed by atoms with E-state index in [2.05, 4.69) is 20.8 Å². The van der Waals surface area contributed by atoms with Crippen LogP contribution in [0.15, 0.2) is 30.3 Å². The first-order chi connectivity index (χ1) is 10.8. The molecular formula is C15H16N4O3. The normalized spacial score (nSPS) is 12.0. The lowest BCUT2D eigenvalue weighted by Crippen LogP contribution is -2.25. The molecule has 3 rings (SSSR count). The zero-order chi connectivity index (χ0) is 15.4. The Labute approximate surface area is 127 Å². The highest BCUT2D eigenvalue weighted by molar-refractivity contribution is 5.92. The van der Waals surface area contributed by atoms with Gasteiger partial charge in [0.2, 0.25) is 6.79 Å². The van der Waals surface area contributed by atoms with Gasteiger partial charge in [0.15, 0.2) is 23.0 Å². The first-order valence-corrected chi connectivity index (χ1v) is 7.05. The molecule has 2 N–H and O–H groups in total. The van der Waals surface area contributed by atoms with Crippen LogP contribution in [-0.2, 0) is 0 Å². The van der Waals surface area contributed by atoms with Crippen molar-refractivity contribution in [1.29, 1.82) is 0 Å². The van der Waals surface area contributed by atoms with Gasteiger partial charge in [-0.05, 0) is 30.7 Å². The van der Waals surface area contributed by atoms with Crippen LogP contribution >= 0.6 is 0 Å². The number of hydrogen-bond donors (Lipinski definition) is 2. The lowest BCUT2D eigenvalue weighted by Gasteiger charge is -2.07. The zero-order valence-corrected chi connectivity index (χ0v) is 12.1. The third kappa shape index (κ3) is 3.08. The number of carbonyl (C=O) groups excluding carboxylic acids is 1. The molecule has 0 radical (unpaired) electrons. The third-order valence-electron chi connectivity index (χ3n) is 3.08. The quantitative estimate of drug-likeness (QED) is 0.879. The number of amides is 1. The molecule has 0 unspecified atom stereocenters. The van der Waals surface area contributed by atoms with Crippen molar-refractivity contribution in [1.82, 2.24) is 15.5 Å². The van der Waals surface area contributed by atoms with Gasteiger partial charge < -0.3 is 20.1 Å². The first kappa shape index (κ1) is 14.1. The Kier molecular flexibility index (Phi) is 4.04. The summed E-state index contributed by atoms with van der Waals surface area (Å²) in [6.07, 6.45) is 0.878. The van der Waals surface area contributed by atoms with Crippen molar-refractivity contribution in [2.75, 3.05) is 18.7 Å². The molecule has 0 fully saturated rings. The maximum absolute atomic E-state index is 11.7. The van der Waals surface area contributed by atoms with Gasteiger partial charge in [0.05, 0.1) is 0 Å². The number of hydrogen-bond acceptors (Lipinski definition) is 6. The molecule has 1 amide bonds. The Morgan fingerprint density at radius 1 is 1.18 bits per heavy atom. The SMILES string of the molecule is CCCNC(=O)c1ccc(Nc2ccc3c(c2)OCO3)nn1. The van der Waals surface area contributed by atoms with Crippen LogP contribution in [0.2, 0.25) is 0 Å². The molecule has 0 saturated carbocycles. The van der Waals surface area contributed by atoms with Crippen LogP contribution < -0.4 is 20.1 Å². The minimum absolute atomic E-state index is 0.219. The summed E-state index contributed by atoms with van der Waals surface area (Å²) in [4.78, 5) is 11.7. The third-order valence-corrected chi connectivity index (χ3v) is 3.08. The van der Waals surface area contributed by atoms with Gasteiger partial charge in [-0.25, -0.2) is 0 Å². The molecule has 1 aliphatic heterocycles. The highest BCUT2D eigenvalue weighted by Gasteiger charge is 2.13. The number of anilines is 2. The molecule has 0 saturated heterocycles. The highest BCUT2D eigenvalue weighted by atomic mass is 16.7. The second-order valence-corrected chi connectivity index (χ2v) is 4.75. The number of carbonyl (C=O) groups is 1. The molecule has 7 heteroatoms. The fourth-order valence-corrected chi connectivity index (χ4v) is 1.97. The van der Waals surface area contributed by atoms with E-state index < -0.39 is 0 Å². The molecular weight excluding hydrogens is 284 g/mol. The van der Waals surface area contributed by atoms with Crippen molar-refractivity contribution in [2.45, 2.75) is 13.3 Å². The number of benzene rings is 1. The molecule has 2 aromatic rings. The Hall–Kier alpha value is -2.83. The van der Waals surface area contributed by atoms with E-state index in [1.807, 2.05) is 25.1 Å². The van der Waals surface area contributed by atoms with E-state index in [0.717, 1.165) is 17.9 Å². The number of fused-ring (bicyclic) bond motifs is 1. The van der Waals surface area contributed by atoms with Gasteiger partial charge >= 0.3 is 0 Å². The maximum atomic E-state index is 11.7. The van der Waals surface area contributed by atoms with E-state index >= 15 is 0 Å². The van der Waals surface area contributed by atoms with Crippen LogP contribution in [0.3, 0.4) is 0 Å². The van der Waals surface area contributed by atoms with E-state index in [4.69, 9.17) is 9.47 Å². The molecule has 0 bridgehead atoms. The van der Waals surface area contributed by atoms with E-state index in [1.54, 1.807) is 12.1 Å². The number of nitrogens with zero attached hydrogens (tertiary/aromatic N) is 2. The standard InChI is InChI=1S/C15H16N4O3/c1-2-7-16-15(20)11-4-6-14(19-18-11)17-10-3-5-12-13(8-10)22-9-21-12/h3-6,8H,2,7,9H2,1H3,(H,16,20)(H,17,19). The largest absolute Gasteiger partial charge is 0.454 e. The maximum Gasteiger partial charge on any atom is 0.271 e. The molecule has 22 heavy (non-hydrogen) atoms. The van der Waals surface area contributed by atoms with Gasteiger partial charge in [-0.1, -0.05) is 6.92 Å².